The minimum absolute atomic E-state index is 0.205. The fourth-order valence-electron chi connectivity index (χ4n) is 7.18. The number of fused-ring (bicyclic) bond motifs is 6. The first-order valence-electron chi connectivity index (χ1n) is 17.4. The van der Waals surface area contributed by atoms with Gasteiger partial charge >= 0.3 is 0 Å². The van der Waals surface area contributed by atoms with E-state index in [2.05, 4.69) is 114 Å². The van der Waals surface area contributed by atoms with Gasteiger partial charge in [0.15, 0.2) is 0 Å². The normalized spacial score (nSPS) is 13.3. The minimum Gasteiger partial charge on any atom is -0.343 e. The van der Waals surface area contributed by atoms with Crippen LogP contribution in [0, 0.1) is 0 Å². The van der Waals surface area contributed by atoms with E-state index >= 15 is 0 Å². The monoisotopic (exact) mass is 564 g/mol. The van der Waals surface area contributed by atoms with Gasteiger partial charge in [-0.1, -0.05) is 145 Å². The largest absolute Gasteiger partial charge is 0.343 e. The summed E-state index contributed by atoms with van der Waals surface area (Å²) in [7, 11) is 2.05. The standard InChI is InChI=1S/C43H29N/c1-44-39-22-12-11-21-37(39)42-32(29-14-3-2-4-15-29)25-26-38(43(42)44)41-35-19-9-7-17-33(35)40(34-18-8-10-20-36(34)41)31-24-23-28-13-5-6-16-30(28)27-31/h2-27H,1H3/i2D,3D,4D,14D,15D. The SMILES string of the molecule is [2H]c1c([2H])c([2H])c(-c2ccc(-c3c4ccccc4c(-c4ccc5ccccc5c4)c4ccccc34)c3c2c2ccccc2n3C)c([2H])c1[2H]. The summed E-state index contributed by atoms with van der Waals surface area (Å²) in [5, 5.41) is 8.75. The van der Waals surface area contributed by atoms with Crippen molar-refractivity contribution < 1.29 is 6.85 Å². The molecule has 44 heavy (non-hydrogen) atoms. The molecule has 0 fully saturated rings. The summed E-state index contributed by atoms with van der Waals surface area (Å²) in [5.41, 5.74) is 7.23. The summed E-state index contributed by atoms with van der Waals surface area (Å²) in [6.45, 7) is 0. The number of para-hydroxylation sites is 1. The van der Waals surface area contributed by atoms with Gasteiger partial charge < -0.3 is 4.57 Å². The smallest absolute Gasteiger partial charge is 0.0629 e. The second kappa shape index (κ2) is 9.69. The lowest BCUT2D eigenvalue weighted by molar-refractivity contribution is 1.02. The third kappa shape index (κ3) is 3.60. The summed E-state index contributed by atoms with van der Waals surface area (Å²) in [6, 6.07) is 43.0. The van der Waals surface area contributed by atoms with Gasteiger partial charge in [0, 0.05) is 28.9 Å². The van der Waals surface area contributed by atoms with E-state index < -0.39 is 6.04 Å². The molecule has 0 saturated heterocycles. The first-order valence-corrected chi connectivity index (χ1v) is 14.9. The van der Waals surface area contributed by atoms with Crippen molar-refractivity contribution in [2.24, 2.45) is 7.05 Å². The molecule has 0 atom stereocenters. The summed E-state index contributed by atoms with van der Waals surface area (Å²) >= 11 is 0. The molecule has 0 unspecified atom stereocenters. The van der Waals surface area contributed by atoms with Crippen LogP contribution in [-0.2, 0) is 7.05 Å². The first-order chi connectivity index (χ1) is 23.8. The van der Waals surface area contributed by atoms with E-state index in [4.69, 9.17) is 6.85 Å². The molecule has 1 nitrogen and oxygen atoms in total. The molecule has 0 spiro atoms. The number of aryl methyl sites for hydroxylation is 1. The Morgan fingerprint density at radius 1 is 0.477 bits per heavy atom. The van der Waals surface area contributed by atoms with Crippen molar-refractivity contribution >= 4 is 54.1 Å². The van der Waals surface area contributed by atoms with Crippen LogP contribution in [0.25, 0.3) is 87.5 Å². The second-order valence-electron chi connectivity index (χ2n) is 11.4. The summed E-state index contributed by atoms with van der Waals surface area (Å²) < 4.78 is 45.0. The number of nitrogens with zero attached hydrogens (tertiary/aromatic N) is 1. The lowest BCUT2D eigenvalue weighted by Crippen LogP contribution is -1.95. The third-order valence-electron chi connectivity index (χ3n) is 9.06. The molecule has 9 rings (SSSR count). The Kier molecular flexibility index (Phi) is 4.47. The van der Waals surface area contributed by atoms with Crippen LogP contribution in [0.3, 0.4) is 0 Å². The zero-order valence-corrected chi connectivity index (χ0v) is 24.1. The Morgan fingerprint density at radius 2 is 1.05 bits per heavy atom. The van der Waals surface area contributed by atoms with Crippen LogP contribution < -0.4 is 0 Å². The number of benzene rings is 8. The van der Waals surface area contributed by atoms with Gasteiger partial charge in [-0.05, 0) is 72.3 Å². The van der Waals surface area contributed by atoms with Gasteiger partial charge in [-0.3, -0.25) is 0 Å². The van der Waals surface area contributed by atoms with Crippen molar-refractivity contribution in [1.82, 2.24) is 4.57 Å². The summed E-state index contributed by atoms with van der Waals surface area (Å²) in [4.78, 5) is 0. The van der Waals surface area contributed by atoms with Crippen LogP contribution in [0.5, 0.6) is 0 Å². The van der Waals surface area contributed by atoms with Crippen molar-refractivity contribution in [3.05, 3.63) is 158 Å². The van der Waals surface area contributed by atoms with E-state index in [-0.39, 0.29) is 29.7 Å². The molecule has 1 heterocycles. The van der Waals surface area contributed by atoms with E-state index in [1.54, 1.807) is 0 Å². The number of aromatic nitrogens is 1. The fraction of sp³-hybridized carbons (Fsp3) is 0.0233. The Labute approximate surface area is 263 Å². The number of hydrogen-bond donors (Lipinski definition) is 0. The van der Waals surface area contributed by atoms with Gasteiger partial charge in [0.25, 0.3) is 0 Å². The van der Waals surface area contributed by atoms with E-state index in [0.29, 0.717) is 5.56 Å². The van der Waals surface area contributed by atoms with Crippen molar-refractivity contribution in [3.8, 4) is 33.4 Å². The molecule has 0 bridgehead atoms. The highest BCUT2D eigenvalue weighted by molar-refractivity contribution is 6.26. The molecule has 0 aliphatic carbocycles. The quantitative estimate of drug-likeness (QED) is 0.188. The van der Waals surface area contributed by atoms with Gasteiger partial charge in [0.2, 0.25) is 0 Å². The van der Waals surface area contributed by atoms with Crippen LogP contribution in [-0.4, -0.2) is 4.57 Å². The highest BCUT2D eigenvalue weighted by atomic mass is 14.9. The predicted molar refractivity (Wildman–Crippen MR) is 189 cm³/mol. The van der Waals surface area contributed by atoms with Crippen molar-refractivity contribution in [2.75, 3.05) is 0 Å². The van der Waals surface area contributed by atoms with E-state index in [1.165, 1.54) is 16.3 Å². The molecular formula is C43H29N. The van der Waals surface area contributed by atoms with E-state index in [0.717, 1.165) is 60.0 Å². The van der Waals surface area contributed by atoms with Crippen molar-refractivity contribution in [2.45, 2.75) is 0 Å². The topological polar surface area (TPSA) is 4.93 Å². The van der Waals surface area contributed by atoms with Crippen LogP contribution in [0.15, 0.2) is 158 Å². The molecule has 1 aromatic heterocycles. The zero-order valence-electron chi connectivity index (χ0n) is 29.1. The fourth-order valence-corrected chi connectivity index (χ4v) is 7.18. The molecule has 0 saturated carbocycles. The van der Waals surface area contributed by atoms with Crippen molar-refractivity contribution in [1.29, 1.82) is 0 Å². The average molecular weight is 565 g/mol. The van der Waals surface area contributed by atoms with Gasteiger partial charge in [-0.15, -0.1) is 0 Å². The third-order valence-corrected chi connectivity index (χ3v) is 9.06. The summed E-state index contributed by atoms with van der Waals surface area (Å²) in [6.07, 6.45) is 0. The first kappa shape index (κ1) is 20.3. The number of hydrogen-bond acceptors (Lipinski definition) is 0. The molecule has 0 aliphatic rings. The Morgan fingerprint density at radius 3 is 1.75 bits per heavy atom. The van der Waals surface area contributed by atoms with Gasteiger partial charge in [0.05, 0.1) is 12.4 Å². The highest BCUT2D eigenvalue weighted by Gasteiger charge is 2.22. The maximum Gasteiger partial charge on any atom is 0.0629 e. The molecule has 0 amide bonds. The van der Waals surface area contributed by atoms with Gasteiger partial charge in [0.1, 0.15) is 0 Å². The van der Waals surface area contributed by atoms with E-state index in [1.807, 2.05) is 25.2 Å². The molecule has 1 heteroatoms. The summed E-state index contributed by atoms with van der Waals surface area (Å²) in [5.74, 6) is 0. The minimum atomic E-state index is -0.394. The molecule has 206 valence electrons. The Bertz CT molecular complexity index is 2760. The maximum absolute atomic E-state index is 8.87. The molecule has 8 aromatic carbocycles. The van der Waals surface area contributed by atoms with Crippen LogP contribution >= 0.6 is 0 Å². The van der Waals surface area contributed by atoms with Crippen molar-refractivity contribution in [3.63, 3.8) is 0 Å². The molecule has 0 aliphatic heterocycles. The highest BCUT2D eigenvalue weighted by Crippen LogP contribution is 2.48. The lowest BCUT2D eigenvalue weighted by atomic mass is 9.84. The molecule has 0 radical (unpaired) electrons. The van der Waals surface area contributed by atoms with E-state index in [9.17, 15) is 0 Å². The van der Waals surface area contributed by atoms with Crippen LogP contribution in [0.4, 0.5) is 0 Å². The molecule has 0 N–H and O–H groups in total. The van der Waals surface area contributed by atoms with Crippen LogP contribution in [0.2, 0.25) is 0 Å². The predicted octanol–water partition coefficient (Wildman–Crippen LogP) is 11.8. The second-order valence-corrected chi connectivity index (χ2v) is 11.4. The average Bonchev–Trinajstić information content (AvgIpc) is 3.44. The van der Waals surface area contributed by atoms with Gasteiger partial charge in [-0.25, -0.2) is 0 Å². The van der Waals surface area contributed by atoms with Gasteiger partial charge in [-0.2, -0.15) is 0 Å². The van der Waals surface area contributed by atoms with Crippen LogP contribution in [0.1, 0.15) is 6.85 Å². The Hall–Kier alpha value is -5.66. The molecule has 9 aromatic rings. The lowest BCUT2D eigenvalue weighted by Gasteiger charge is -2.19. The zero-order chi connectivity index (χ0) is 33.6. The maximum atomic E-state index is 8.87. The molecular weight excluding hydrogens is 530 g/mol. The Balaban J connectivity index is 1.44. The number of rotatable bonds is 3.